The molecule has 4 heteroatoms. The fourth-order valence-electron chi connectivity index (χ4n) is 1.61. The van der Waals surface area contributed by atoms with E-state index in [0.717, 1.165) is 31.9 Å². The first kappa shape index (κ1) is 9.71. The number of furan rings is 1. The van der Waals surface area contributed by atoms with Crippen LogP contribution in [0.25, 0.3) is 0 Å². The average Bonchev–Trinajstić information content (AvgIpc) is 2.77. The summed E-state index contributed by atoms with van der Waals surface area (Å²) in [6, 6.07) is 3.83. The lowest BCUT2D eigenvalue weighted by molar-refractivity contribution is 0.177. The van der Waals surface area contributed by atoms with Crippen molar-refractivity contribution < 1.29 is 9.15 Å². The molecule has 2 rings (SSSR count). The lowest BCUT2D eigenvalue weighted by Gasteiger charge is -2.21. The van der Waals surface area contributed by atoms with E-state index in [1.807, 2.05) is 12.1 Å². The van der Waals surface area contributed by atoms with Crippen LogP contribution in [0.5, 0.6) is 0 Å². The van der Waals surface area contributed by atoms with E-state index in [1.165, 1.54) is 0 Å². The predicted molar refractivity (Wildman–Crippen MR) is 52.8 cm³/mol. The standard InChI is InChI=1S/C10H16N2O2/c11-10(3-5-13-8-10)7-12-6-9-2-1-4-14-9/h1-2,4,12H,3,5-8,11H2. The molecule has 0 bridgehead atoms. The van der Waals surface area contributed by atoms with Gasteiger partial charge in [-0.3, -0.25) is 0 Å². The molecule has 1 aromatic rings. The summed E-state index contributed by atoms with van der Waals surface area (Å²) in [5.41, 5.74) is 5.89. The van der Waals surface area contributed by atoms with E-state index in [2.05, 4.69) is 5.32 Å². The fourth-order valence-corrected chi connectivity index (χ4v) is 1.61. The Labute approximate surface area is 83.4 Å². The second-order valence-corrected chi connectivity index (χ2v) is 3.85. The Hall–Kier alpha value is -0.840. The Balaban J connectivity index is 1.72. The average molecular weight is 196 g/mol. The highest BCUT2D eigenvalue weighted by Gasteiger charge is 2.29. The Morgan fingerprint density at radius 2 is 2.50 bits per heavy atom. The summed E-state index contributed by atoms with van der Waals surface area (Å²) in [5, 5.41) is 3.27. The lowest BCUT2D eigenvalue weighted by Crippen LogP contribution is -2.49. The normalized spacial score (nSPS) is 26.9. The van der Waals surface area contributed by atoms with Gasteiger partial charge < -0.3 is 20.2 Å². The van der Waals surface area contributed by atoms with Crippen LogP contribution in [0.1, 0.15) is 12.2 Å². The molecule has 0 amide bonds. The van der Waals surface area contributed by atoms with E-state index in [0.29, 0.717) is 6.61 Å². The van der Waals surface area contributed by atoms with Crippen molar-refractivity contribution >= 4 is 0 Å². The molecule has 78 valence electrons. The molecular formula is C10H16N2O2. The Morgan fingerprint density at radius 3 is 3.14 bits per heavy atom. The quantitative estimate of drug-likeness (QED) is 0.735. The minimum atomic E-state index is -0.188. The minimum absolute atomic E-state index is 0.188. The summed E-state index contributed by atoms with van der Waals surface area (Å²) >= 11 is 0. The van der Waals surface area contributed by atoms with Crippen LogP contribution in [0, 0.1) is 0 Å². The number of rotatable bonds is 4. The minimum Gasteiger partial charge on any atom is -0.468 e. The third-order valence-corrected chi connectivity index (χ3v) is 2.49. The Kier molecular flexibility index (Phi) is 2.86. The Bertz CT molecular complexity index is 266. The molecule has 1 aliphatic heterocycles. The van der Waals surface area contributed by atoms with E-state index in [4.69, 9.17) is 14.9 Å². The number of nitrogens with one attached hydrogen (secondary N) is 1. The summed E-state index contributed by atoms with van der Waals surface area (Å²) in [5.74, 6) is 0.938. The molecule has 0 aliphatic carbocycles. The smallest absolute Gasteiger partial charge is 0.117 e. The maximum absolute atomic E-state index is 6.08. The first-order valence-corrected chi connectivity index (χ1v) is 4.88. The summed E-state index contributed by atoms with van der Waals surface area (Å²) in [6.07, 6.45) is 2.60. The van der Waals surface area contributed by atoms with Crippen molar-refractivity contribution in [3.63, 3.8) is 0 Å². The van der Waals surface area contributed by atoms with Gasteiger partial charge in [-0.25, -0.2) is 0 Å². The highest BCUT2D eigenvalue weighted by atomic mass is 16.5. The summed E-state index contributed by atoms with van der Waals surface area (Å²) in [4.78, 5) is 0. The van der Waals surface area contributed by atoms with Crippen molar-refractivity contribution in [2.75, 3.05) is 19.8 Å². The predicted octanol–water partition coefficient (Wildman–Crippen LogP) is 0.487. The number of hydrogen-bond acceptors (Lipinski definition) is 4. The third kappa shape index (κ3) is 2.35. The Morgan fingerprint density at radius 1 is 1.57 bits per heavy atom. The van der Waals surface area contributed by atoms with Gasteiger partial charge in [0, 0.05) is 13.2 Å². The molecule has 1 atom stereocenters. The SMILES string of the molecule is NC1(CNCc2ccco2)CCOC1. The van der Waals surface area contributed by atoms with Gasteiger partial charge in [0.05, 0.1) is 25.0 Å². The zero-order valence-electron chi connectivity index (χ0n) is 8.16. The maximum Gasteiger partial charge on any atom is 0.117 e. The molecule has 4 nitrogen and oxygen atoms in total. The van der Waals surface area contributed by atoms with Crippen LogP contribution >= 0.6 is 0 Å². The molecule has 1 aliphatic rings. The van der Waals surface area contributed by atoms with Crippen LogP contribution in [0.3, 0.4) is 0 Å². The van der Waals surface area contributed by atoms with Gasteiger partial charge >= 0.3 is 0 Å². The number of nitrogens with two attached hydrogens (primary N) is 1. The van der Waals surface area contributed by atoms with Crippen LogP contribution < -0.4 is 11.1 Å². The van der Waals surface area contributed by atoms with Crippen LogP contribution in [0.2, 0.25) is 0 Å². The van der Waals surface area contributed by atoms with Crippen molar-refractivity contribution in [1.29, 1.82) is 0 Å². The van der Waals surface area contributed by atoms with Gasteiger partial charge in [0.25, 0.3) is 0 Å². The molecular weight excluding hydrogens is 180 g/mol. The number of ether oxygens (including phenoxy) is 1. The largest absolute Gasteiger partial charge is 0.468 e. The van der Waals surface area contributed by atoms with Crippen molar-refractivity contribution in [1.82, 2.24) is 5.32 Å². The van der Waals surface area contributed by atoms with Gasteiger partial charge in [-0.1, -0.05) is 0 Å². The van der Waals surface area contributed by atoms with E-state index < -0.39 is 0 Å². The second kappa shape index (κ2) is 4.13. The molecule has 1 aromatic heterocycles. The summed E-state index contributed by atoms with van der Waals surface area (Å²) in [6.45, 7) is 2.93. The number of hydrogen-bond donors (Lipinski definition) is 2. The third-order valence-electron chi connectivity index (χ3n) is 2.49. The molecule has 14 heavy (non-hydrogen) atoms. The van der Waals surface area contributed by atoms with Gasteiger partial charge in [-0.2, -0.15) is 0 Å². The lowest BCUT2D eigenvalue weighted by atomic mass is 10.0. The van der Waals surface area contributed by atoms with Gasteiger partial charge in [-0.15, -0.1) is 0 Å². The highest BCUT2D eigenvalue weighted by Crippen LogP contribution is 2.14. The van der Waals surface area contributed by atoms with Crippen molar-refractivity contribution in [2.24, 2.45) is 5.73 Å². The molecule has 0 radical (unpaired) electrons. The molecule has 0 aromatic carbocycles. The van der Waals surface area contributed by atoms with E-state index in [1.54, 1.807) is 6.26 Å². The molecule has 2 heterocycles. The van der Waals surface area contributed by atoms with Gasteiger partial charge in [0.1, 0.15) is 5.76 Å². The van der Waals surface area contributed by atoms with Crippen molar-refractivity contribution in [2.45, 2.75) is 18.5 Å². The van der Waals surface area contributed by atoms with Gasteiger partial charge in [0.2, 0.25) is 0 Å². The van der Waals surface area contributed by atoms with Crippen molar-refractivity contribution in [3.05, 3.63) is 24.2 Å². The first-order valence-electron chi connectivity index (χ1n) is 4.88. The van der Waals surface area contributed by atoms with Crippen LogP contribution in [0.4, 0.5) is 0 Å². The van der Waals surface area contributed by atoms with E-state index in [9.17, 15) is 0 Å². The molecule has 1 saturated heterocycles. The monoisotopic (exact) mass is 196 g/mol. The van der Waals surface area contributed by atoms with Crippen LogP contribution in [-0.2, 0) is 11.3 Å². The van der Waals surface area contributed by atoms with E-state index >= 15 is 0 Å². The van der Waals surface area contributed by atoms with Crippen LogP contribution in [0.15, 0.2) is 22.8 Å². The second-order valence-electron chi connectivity index (χ2n) is 3.85. The zero-order valence-corrected chi connectivity index (χ0v) is 8.16. The highest BCUT2D eigenvalue weighted by molar-refractivity contribution is 4.98. The maximum atomic E-state index is 6.08. The molecule has 3 N–H and O–H groups in total. The summed E-state index contributed by atoms with van der Waals surface area (Å²) in [7, 11) is 0. The van der Waals surface area contributed by atoms with Gasteiger partial charge in [-0.05, 0) is 18.6 Å². The molecule has 1 unspecified atom stereocenters. The van der Waals surface area contributed by atoms with E-state index in [-0.39, 0.29) is 5.54 Å². The fraction of sp³-hybridized carbons (Fsp3) is 0.600. The molecule has 0 spiro atoms. The topological polar surface area (TPSA) is 60.4 Å². The van der Waals surface area contributed by atoms with Crippen molar-refractivity contribution in [3.8, 4) is 0 Å². The zero-order chi connectivity index (χ0) is 9.86. The first-order chi connectivity index (χ1) is 6.79. The van der Waals surface area contributed by atoms with Crippen LogP contribution in [-0.4, -0.2) is 25.3 Å². The molecule has 1 fully saturated rings. The molecule has 0 saturated carbocycles. The summed E-state index contributed by atoms with van der Waals surface area (Å²) < 4.78 is 10.5. The van der Waals surface area contributed by atoms with Gasteiger partial charge in [0.15, 0.2) is 0 Å².